The lowest BCUT2D eigenvalue weighted by Gasteiger charge is -2.35. The van der Waals surface area contributed by atoms with E-state index in [4.69, 9.17) is 17.3 Å². The highest BCUT2D eigenvalue weighted by molar-refractivity contribution is 6.30. The third-order valence-electron chi connectivity index (χ3n) is 2.78. The molecule has 0 aromatic heterocycles. The molecule has 2 N–H and O–H groups in total. The first-order chi connectivity index (χ1) is 7.66. The van der Waals surface area contributed by atoms with Crippen molar-refractivity contribution in [3.63, 3.8) is 0 Å². The number of rotatable bonds is 1. The van der Waals surface area contributed by atoms with E-state index in [9.17, 15) is 4.79 Å². The van der Waals surface area contributed by atoms with Crippen LogP contribution in [0.25, 0.3) is 0 Å². The largest absolute Gasteiger partial charge is 0.368 e. The standard InChI is InChI=1S/C11H14ClN3O/c12-9-1-3-10(4-2-9)14-5-7-15(8-6-14)11(13)16/h1-4H,5-8H2,(H2,13,16). The predicted octanol–water partition coefficient (Wildman–Crippen LogP) is 1.54. The van der Waals surface area contributed by atoms with E-state index < -0.39 is 0 Å². The van der Waals surface area contributed by atoms with Crippen molar-refractivity contribution in [3.8, 4) is 0 Å². The van der Waals surface area contributed by atoms with Crippen molar-refractivity contribution in [3.05, 3.63) is 29.3 Å². The molecule has 1 fully saturated rings. The SMILES string of the molecule is NC(=O)N1CCN(c2ccc(Cl)cc2)CC1. The summed E-state index contributed by atoms with van der Waals surface area (Å²) < 4.78 is 0. The van der Waals surface area contributed by atoms with Gasteiger partial charge in [-0.05, 0) is 24.3 Å². The molecule has 0 spiro atoms. The molecule has 2 rings (SSSR count). The van der Waals surface area contributed by atoms with Crippen LogP contribution in [0, 0.1) is 0 Å². The van der Waals surface area contributed by atoms with Crippen molar-refractivity contribution >= 4 is 23.3 Å². The van der Waals surface area contributed by atoms with Gasteiger partial charge in [-0.1, -0.05) is 11.6 Å². The van der Waals surface area contributed by atoms with Gasteiger partial charge in [0.2, 0.25) is 0 Å². The Kier molecular flexibility index (Phi) is 3.19. The average Bonchev–Trinajstić information content (AvgIpc) is 2.30. The van der Waals surface area contributed by atoms with Crippen LogP contribution in [0.15, 0.2) is 24.3 Å². The lowest BCUT2D eigenvalue weighted by Crippen LogP contribution is -2.50. The quantitative estimate of drug-likeness (QED) is 0.808. The van der Waals surface area contributed by atoms with E-state index in [0.717, 1.165) is 23.8 Å². The second kappa shape index (κ2) is 4.61. The van der Waals surface area contributed by atoms with Gasteiger partial charge in [0.25, 0.3) is 0 Å². The number of nitrogens with zero attached hydrogens (tertiary/aromatic N) is 2. The van der Waals surface area contributed by atoms with Crippen LogP contribution < -0.4 is 10.6 Å². The average molecular weight is 240 g/mol. The van der Waals surface area contributed by atoms with Gasteiger partial charge in [-0.25, -0.2) is 4.79 Å². The molecule has 1 aliphatic heterocycles. The highest BCUT2D eigenvalue weighted by Gasteiger charge is 2.18. The maximum absolute atomic E-state index is 11.0. The molecule has 0 atom stereocenters. The van der Waals surface area contributed by atoms with Gasteiger partial charge in [0.1, 0.15) is 0 Å². The van der Waals surface area contributed by atoms with Crippen molar-refractivity contribution in [2.75, 3.05) is 31.1 Å². The van der Waals surface area contributed by atoms with Gasteiger partial charge >= 0.3 is 6.03 Å². The molecule has 86 valence electrons. The van der Waals surface area contributed by atoms with Crippen molar-refractivity contribution in [2.24, 2.45) is 5.73 Å². The number of urea groups is 1. The van der Waals surface area contributed by atoms with Crippen LogP contribution in [0.4, 0.5) is 10.5 Å². The Balaban J connectivity index is 1.99. The molecular weight excluding hydrogens is 226 g/mol. The Morgan fingerprint density at radius 1 is 1.12 bits per heavy atom. The zero-order valence-corrected chi connectivity index (χ0v) is 9.65. The van der Waals surface area contributed by atoms with Gasteiger partial charge in [-0.3, -0.25) is 0 Å². The molecule has 1 aliphatic rings. The Morgan fingerprint density at radius 2 is 1.69 bits per heavy atom. The number of piperazine rings is 1. The van der Waals surface area contributed by atoms with Gasteiger partial charge in [-0.15, -0.1) is 0 Å². The number of carbonyl (C=O) groups is 1. The minimum atomic E-state index is -0.337. The van der Waals surface area contributed by atoms with Crippen LogP contribution in [0.3, 0.4) is 0 Å². The number of carbonyl (C=O) groups excluding carboxylic acids is 1. The number of amides is 2. The zero-order valence-electron chi connectivity index (χ0n) is 8.90. The normalized spacial score (nSPS) is 16.3. The summed E-state index contributed by atoms with van der Waals surface area (Å²) in [5.41, 5.74) is 6.36. The fraction of sp³-hybridized carbons (Fsp3) is 0.364. The van der Waals surface area contributed by atoms with E-state index in [1.54, 1.807) is 4.90 Å². The molecule has 16 heavy (non-hydrogen) atoms. The molecule has 0 aliphatic carbocycles. The summed E-state index contributed by atoms with van der Waals surface area (Å²) in [5, 5.41) is 0.736. The number of nitrogens with two attached hydrogens (primary N) is 1. The monoisotopic (exact) mass is 239 g/mol. The van der Waals surface area contributed by atoms with Crippen LogP contribution in [-0.4, -0.2) is 37.1 Å². The molecule has 4 nitrogen and oxygen atoms in total. The van der Waals surface area contributed by atoms with Gasteiger partial charge in [0.15, 0.2) is 0 Å². The van der Waals surface area contributed by atoms with Crippen molar-refractivity contribution in [1.82, 2.24) is 4.90 Å². The van der Waals surface area contributed by atoms with E-state index in [-0.39, 0.29) is 6.03 Å². The van der Waals surface area contributed by atoms with Crippen LogP contribution in [0.5, 0.6) is 0 Å². The van der Waals surface area contributed by atoms with Gasteiger partial charge in [0.05, 0.1) is 0 Å². The van der Waals surface area contributed by atoms with E-state index in [0.29, 0.717) is 13.1 Å². The summed E-state index contributed by atoms with van der Waals surface area (Å²) in [7, 11) is 0. The summed E-state index contributed by atoms with van der Waals surface area (Å²) in [6, 6.07) is 7.38. The lowest BCUT2D eigenvalue weighted by atomic mass is 10.2. The van der Waals surface area contributed by atoms with Crippen LogP contribution in [0.1, 0.15) is 0 Å². The Morgan fingerprint density at radius 3 is 2.19 bits per heavy atom. The number of anilines is 1. The fourth-order valence-electron chi connectivity index (χ4n) is 1.84. The maximum Gasteiger partial charge on any atom is 0.314 e. The zero-order chi connectivity index (χ0) is 11.5. The number of benzene rings is 1. The first-order valence-corrected chi connectivity index (χ1v) is 5.59. The molecule has 0 radical (unpaired) electrons. The Hall–Kier alpha value is -1.42. The number of primary amides is 1. The first kappa shape index (κ1) is 11.1. The summed E-state index contributed by atoms with van der Waals surface area (Å²) in [4.78, 5) is 14.8. The van der Waals surface area contributed by atoms with Crippen molar-refractivity contribution < 1.29 is 4.79 Å². The third-order valence-corrected chi connectivity index (χ3v) is 3.04. The molecule has 0 saturated carbocycles. The smallest absolute Gasteiger partial charge is 0.314 e. The Labute approximate surface area is 99.6 Å². The molecular formula is C11H14ClN3O. The lowest BCUT2D eigenvalue weighted by molar-refractivity contribution is 0.204. The van der Waals surface area contributed by atoms with E-state index in [2.05, 4.69) is 4.90 Å². The number of hydrogen-bond donors (Lipinski definition) is 1. The molecule has 1 aromatic carbocycles. The second-order valence-corrected chi connectivity index (χ2v) is 4.23. The molecule has 1 heterocycles. The molecule has 5 heteroatoms. The van der Waals surface area contributed by atoms with Crippen LogP contribution in [-0.2, 0) is 0 Å². The molecule has 2 amide bonds. The van der Waals surface area contributed by atoms with E-state index >= 15 is 0 Å². The topological polar surface area (TPSA) is 49.6 Å². The highest BCUT2D eigenvalue weighted by atomic mass is 35.5. The second-order valence-electron chi connectivity index (χ2n) is 3.79. The number of hydrogen-bond acceptors (Lipinski definition) is 2. The minimum Gasteiger partial charge on any atom is -0.368 e. The van der Waals surface area contributed by atoms with E-state index in [1.807, 2.05) is 24.3 Å². The van der Waals surface area contributed by atoms with Crippen LogP contribution >= 0.6 is 11.6 Å². The minimum absolute atomic E-state index is 0.337. The molecule has 0 unspecified atom stereocenters. The van der Waals surface area contributed by atoms with Crippen molar-refractivity contribution in [2.45, 2.75) is 0 Å². The van der Waals surface area contributed by atoms with E-state index in [1.165, 1.54) is 0 Å². The molecule has 0 bridgehead atoms. The molecule has 1 aromatic rings. The third kappa shape index (κ3) is 2.39. The van der Waals surface area contributed by atoms with Crippen molar-refractivity contribution in [1.29, 1.82) is 0 Å². The first-order valence-electron chi connectivity index (χ1n) is 5.22. The predicted molar refractivity (Wildman–Crippen MR) is 64.8 cm³/mol. The van der Waals surface area contributed by atoms with Crippen LogP contribution in [0.2, 0.25) is 5.02 Å². The summed E-state index contributed by atoms with van der Waals surface area (Å²) in [6.45, 7) is 2.98. The summed E-state index contributed by atoms with van der Waals surface area (Å²) >= 11 is 5.83. The summed E-state index contributed by atoms with van der Waals surface area (Å²) in [5.74, 6) is 0. The number of halogens is 1. The Bertz CT molecular complexity index is 371. The van der Waals surface area contributed by atoms with Gasteiger partial charge in [0, 0.05) is 36.9 Å². The summed E-state index contributed by atoms with van der Waals surface area (Å²) in [6.07, 6.45) is 0. The molecule has 1 saturated heterocycles. The highest BCUT2D eigenvalue weighted by Crippen LogP contribution is 2.19. The van der Waals surface area contributed by atoms with Gasteiger partial charge in [-0.2, -0.15) is 0 Å². The van der Waals surface area contributed by atoms with Gasteiger partial charge < -0.3 is 15.5 Å². The fourth-order valence-corrected chi connectivity index (χ4v) is 1.96. The maximum atomic E-state index is 11.0.